The quantitative estimate of drug-likeness (QED) is 0.525. The fourth-order valence-electron chi connectivity index (χ4n) is 0.583. The molecule has 0 aliphatic carbocycles. The number of hydrogen-bond donors (Lipinski definition) is 1. The standard InChI is InChI=1S/C5H7N3O2.C2H7N/c1-7-4(9)3-6-8(2)5(7)10;1-3-2/h3H,1-2H3;3H,1-2H3. The summed E-state index contributed by atoms with van der Waals surface area (Å²) in [7, 11) is 6.65. The van der Waals surface area contributed by atoms with E-state index in [1.807, 2.05) is 14.1 Å². The van der Waals surface area contributed by atoms with Crippen LogP contribution in [0, 0.1) is 0 Å². The SMILES string of the molecule is CNC.Cn1ncc(=O)n(C)c1=O. The van der Waals surface area contributed by atoms with E-state index in [0.717, 1.165) is 15.4 Å². The molecule has 0 atom stereocenters. The summed E-state index contributed by atoms with van der Waals surface area (Å²) >= 11 is 0. The first-order valence-corrected chi connectivity index (χ1v) is 3.72. The van der Waals surface area contributed by atoms with Gasteiger partial charge < -0.3 is 5.32 Å². The normalized spacial score (nSPS) is 8.92. The van der Waals surface area contributed by atoms with Gasteiger partial charge in [0.2, 0.25) is 0 Å². The maximum atomic E-state index is 10.9. The summed E-state index contributed by atoms with van der Waals surface area (Å²) < 4.78 is 2.09. The van der Waals surface area contributed by atoms with Crippen molar-refractivity contribution in [3.05, 3.63) is 27.0 Å². The second-order valence-corrected chi connectivity index (χ2v) is 2.45. The third-order valence-corrected chi connectivity index (χ3v) is 1.24. The van der Waals surface area contributed by atoms with Crippen LogP contribution >= 0.6 is 0 Å². The molecule has 0 aliphatic rings. The third kappa shape index (κ3) is 3.20. The van der Waals surface area contributed by atoms with E-state index < -0.39 is 5.69 Å². The van der Waals surface area contributed by atoms with Gasteiger partial charge in [-0.2, -0.15) is 5.10 Å². The zero-order valence-electron chi connectivity index (χ0n) is 8.24. The van der Waals surface area contributed by atoms with Crippen LogP contribution in [-0.4, -0.2) is 28.4 Å². The molecule has 0 aliphatic heterocycles. The Balaban J connectivity index is 0.000000424. The molecular weight excluding hydrogens is 172 g/mol. The van der Waals surface area contributed by atoms with Gasteiger partial charge in [-0.05, 0) is 14.1 Å². The molecule has 0 aromatic carbocycles. The molecule has 1 rings (SSSR count). The molecule has 6 heteroatoms. The zero-order chi connectivity index (χ0) is 10.4. The molecule has 1 aromatic rings. The fraction of sp³-hybridized carbons (Fsp3) is 0.571. The van der Waals surface area contributed by atoms with E-state index in [1.165, 1.54) is 14.1 Å². The highest BCUT2D eigenvalue weighted by atomic mass is 16.2. The van der Waals surface area contributed by atoms with Gasteiger partial charge in [-0.3, -0.25) is 9.36 Å². The molecule has 1 aromatic heterocycles. The average molecular weight is 186 g/mol. The summed E-state index contributed by atoms with van der Waals surface area (Å²) in [4.78, 5) is 21.5. The molecule has 6 nitrogen and oxygen atoms in total. The van der Waals surface area contributed by atoms with E-state index in [-0.39, 0.29) is 5.56 Å². The van der Waals surface area contributed by atoms with Gasteiger partial charge in [0.1, 0.15) is 6.20 Å². The molecule has 0 spiro atoms. The Kier molecular flexibility index (Phi) is 4.68. The summed E-state index contributed by atoms with van der Waals surface area (Å²) in [5.74, 6) is 0. The minimum absolute atomic E-state index is 0.386. The minimum atomic E-state index is -0.410. The van der Waals surface area contributed by atoms with Crippen LogP contribution in [0.3, 0.4) is 0 Å². The van der Waals surface area contributed by atoms with E-state index in [9.17, 15) is 9.59 Å². The van der Waals surface area contributed by atoms with Crippen LogP contribution in [0.5, 0.6) is 0 Å². The number of aryl methyl sites for hydroxylation is 1. The van der Waals surface area contributed by atoms with Crippen LogP contribution < -0.4 is 16.6 Å². The summed E-state index contributed by atoms with van der Waals surface area (Å²) in [5, 5.41) is 6.26. The summed E-state index contributed by atoms with van der Waals surface area (Å²) in [6.07, 6.45) is 1.10. The van der Waals surface area contributed by atoms with E-state index in [0.29, 0.717) is 0 Å². The molecule has 0 bridgehead atoms. The van der Waals surface area contributed by atoms with Gasteiger partial charge >= 0.3 is 5.69 Å². The lowest BCUT2D eigenvalue weighted by Crippen LogP contribution is -2.37. The molecule has 0 unspecified atom stereocenters. The Bertz CT molecular complexity index is 365. The van der Waals surface area contributed by atoms with Crippen molar-refractivity contribution in [2.24, 2.45) is 14.1 Å². The van der Waals surface area contributed by atoms with Crippen molar-refractivity contribution in [3.63, 3.8) is 0 Å². The van der Waals surface area contributed by atoms with Crippen molar-refractivity contribution in [2.75, 3.05) is 14.1 Å². The van der Waals surface area contributed by atoms with Gasteiger partial charge in [0.15, 0.2) is 0 Å². The first-order valence-electron chi connectivity index (χ1n) is 3.72. The molecule has 0 radical (unpaired) electrons. The van der Waals surface area contributed by atoms with Gasteiger partial charge in [-0.15, -0.1) is 0 Å². The Morgan fingerprint density at radius 2 is 1.77 bits per heavy atom. The number of nitrogens with one attached hydrogen (secondary N) is 1. The van der Waals surface area contributed by atoms with E-state index >= 15 is 0 Å². The van der Waals surface area contributed by atoms with Crippen LogP contribution in [-0.2, 0) is 14.1 Å². The molecule has 0 fully saturated rings. The van der Waals surface area contributed by atoms with Crippen LogP contribution in [0.4, 0.5) is 0 Å². The number of rotatable bonds is 0. The Morgan fingerprint density at radius 1 is 1.31 bits per heavy atom. The monoisotopic (exact) mass is 186 g/mol. The largest absolute Gasteiger partial charge is 0.346 e. The summed E-state index contributed by atoms with van der Waals surface area (Å²) in [5.41, 5.74) is -0.796. The summed E-state index contributed by atoms with van der Waals surface area (Å²) in [6.45, 7) is 0. The molecule has 0 saturated heterocycles. The summed E-state index contributed by atoms with van der Waals surface area (Å²) in [6, 6.07) is 0. The molecule has 1 N–H and O–H groups in total. The van der Waals surface area contributed by atoms with Crippen molar-refractivity contribution in [1.82, 2.24) is 19.7 Å². The van der Waals surface area contributed by atoms with Crippen LogP contribution in [0.2, 0.25) is 0 Å². The second-order valence-electron chi connectivity index (χ2n) is 2.45. The van der Waals surface area contributed by atoms with Crippen molar-refractivity contribution >= 4 is 0 Å². The molecular formula is C7H14N4O2. The van der Waals surface area contributed by atoms with E-state index in [1.54, 1.807) is 0 Å². The first-order chi connectivity index (χ1) is 6.04. The van der Waals surface area contributed by atoms with Crippen molar-refractivity contribution in [3.8, 4) is 0 Å². The van der Waals surface area contributed by atoms with Crippen molar-refractivity contribution in [2.45, 2.75) is 0 Å². The average Bonchev–Trinajstić information content (AvgIpc) is 2.10. The highest BCUT2D eigenvalue weighted by Crippen LogP contribution is 1.58. The van der Waals surface area contributed by atoms with Crippen molar-refractivity contribution in [1.29, 1.82) is 0 Å². The lowest BCUT2D eigenvalue weighted by Gasteiger charge is -1.96. The lowest BCUT2D eigenvalue weighted by atomic mass is 10.8. The molecule has 74 valence electrons. The zero-order valence-corrected chi connectivity index (χ0v) is 8.24. The topological polar surface area (TPSA) is 68.9 Å². The highest BCUT2D eigenvalue weighted by molar-refractivity contribution is 4.72. The smallest absolute Gasteiger partial charge is 0.323 e. The predicted octanol–water partition coefficient (Wildman–Crippen LogP) is -1.69. The molecule has 1 heterocycles. The van der Waals surface area contributed by atoms with Gasteiger partial charge in [0, 0.05) is 14.1 Å². The minimum Gasteiger partial charge on any atom is -0.323 e. The third-order valence-electron chi connectivity index (χ3n) is 1.24. The van der Waals surface area contributed by atoms with Gasteiger partial charge in [-0.25, -0.2) is 9.48 Å². The highest BCUT2D eigenvalue weighted by Gasteiger charge is 1.95. The van der Waals surface area contributed by atoms with Crippen LogP contribution in [0.15, 0.2) is 15.8 Å². The van der Waals surface area contributed by atoms with Gasteiger partial charge in [-0.1, -0.05) is 0 Å². The van der Waals surface area contributed by atoms with Gasteiger partial charge in [0.25, 0.3) is 5.56 Å². The molecule has 0 amide bonds. The number of nitrogens with zero attached hydrogens (tertiary/aromatic N) is 3. The lowest BCUT2D eigenvalue weighted by molar-refractivity contribution is 0.600. The van der Waals surface area contributed by atoms with E-state index in [2.05, 4.69) is 10.4 Å². The van der Waals surface area contributed by atoms with Crippen LogP contribution in [0.1, 0.15) is 0 Å². The van der Waals surface area contributed by atoms with Crippen LogP contribution in [0.25, 0.3) is 0 Å². The first kappa shape index (κ1) is 11.6. The fourth-order valence-corrected chi connectivity index (χ4v) is 0.583. The second kappa shape index (κ2) is 5.26. The maximum Gasteiger partial charge on any atom is 0.346 e. The Labute approximate surface area is 75.8 Å². The predicted molar refractivity (Wildman–Crippen MR) is 49.7 cm³/mol. The number of aromatic nitrogens is 3. The Hall–Kier alpha value is -1.43. The maximum absolute atomic E-state index is 10.9. The molecule has 0 saturated carbocycles. The van der Waals surface area contributed by atoms with E-state index in [4.69, 9.17) is 0 Å². The van der Waals surface area contributed by atoms with Gasteiger partial charge in [0.05, 0.1) is 0 Å². The molecule has 13 heavy (non-hydrogen) atoms. The number of hydrogen-bond acceptors (Lipinski definition) is 4. The van der Waals surface area contributed by atoms with Crippen molar-refractivity contribution < 1.29 is 0 Å². The Morgan fingerprint density at radius 3 is 2.15 bits per heavy atom.